The summed E-state index contributed by atoms with van der Waals surface area (Å²) in [5.74, 6) is 0.406. The Bertz CT molecular complexity index is 908. The summed E-state index contributed by atoms with van der Waals surface area (Å²) in [6.07, 6.45) is -3.79. The Morgan fingerprint density at radius 3 is 2.26 bits per heavy atom. The van der Waals surface area contributed by atoms with Crippen molar-refractivity contribution in [2.45, 2.75) is 31.3 Å². The average Bonchev–Trinajstić information content (AvgIpc) is 2.53. The van der Waals surface area contributed by atoms with Crippen molar-refractivity contribution in [3.8, 4) is 0 Å². The molecular weight excluding hydrogens is 381 g/mol. The van der Waals surface area contributed by atoms with Crippen LogP contribution in [0.15, 0.2) is 53.4 Å². The Kier molecular flexibility index (Phi) is 6.15. The number of hydrogen-bond acceptors (Lipinski definition) is 3. The minimum absolute atomic E-state index is 0.116. The number of carbonyl (C=O) groups is 1. The number of urea groups is 1. The lowest BCUT2D eigenvalue weighted by Crippen LogP contribution is -2.34. The van der Waals surface area contributed by atoms with Crippen LogP contribution in [0.1, 0.15) is 25.0 Å². The van der Waals surface area contributed by atoms with Crippen LogP contribution in [0.5, 0.6) is 0 Å². The van der Waals surface area contributed by atoms with E-state index in [9.17, 15) is 26.4 Å². The summed E-state index contributed by atoms with van der Waals surface area (Å²) in [7, 11) is -4.15. The number of anilines is 1. The number of halogens is 3. The van der Waals surface area contributed by atoms with Crippen LogP contribution in [0.25, 0.3) is 0 Å². The summed E-state index contributed by atoms with van der Waals surface area (Å²) in [5, 5.41) is 2.09. The fraction of sp³-hybridized carbons (Fsp3) is 0.278. The largest absolute Gasteiger partial charge is 0.416 e. The molecule has 0 saturated heterocycles. The van der Waals surface area contributed by atoms with Gasteiger partial charge in [-0.15, -0.1) is 0 Å². The highest BCUT2D eigenvalue weighted by molar-refractivity contribution is 7.90. The molecule has 0 heterocycles. The highest BCUT2D eigenvalue weighted by Crippen LogP contribution is 2.30. The number of rotatable bonds is 5. The van der Waals surface area contributed by atoms with Crippen LogP contribution in [0, 0.1) is 5.92 Å². The Hall–Kier alpha value is -2.55. The zero-order valence-corrected chi connectivity index (χ0v) is 15.5. The maximum Gasteiger partial charge on any atom is 0.416 e. The maximum absolute atomic E-state index is 12.7. The zero-order chi connectivity index (χ0) is 20.2. The smallest absolute Gasteiger partial charge is 0.307 e. The van der Waals surface area contributed by atoms with Gasteiger partial charge >= 0.3 is 12.2 Å². The molecule has 5 nitrogen and oxygen atoms in total. The van der Waals surface area contributed by atoms with Crippen molar-refractivity contribution in [1.82, 2.24) is 4.72 Å². The molecule has 0 spiro atoms. The third-order valence-electron chi connectivity index (χ3n) is 3.55. The summed E-state index contributed by atoms with van der Waals surface area (Å²) in [6.45, 7) is 4.06. The van der Waals surface area contributed by atoms with Crippen LogP contribution >= 0.6 is 0 Å². The van der Waals surface area contributed by atoms with Gasteiger partial charge in [-0.2, -0.15) is 13.2 Å². The van der Waals surface area contributed by atoms with Gasteiger partial charge in [-0.25, -0.2) is 17.9 Å². The van der Waals surface area contributed by atoms with E-state index in [4.69, 9.17) is 0 Å². The van der Waals surface area contributed by atoms with Crippen LogP contribution in [-0.2, 0) is 22.6 Å². The molecule has 9 heteroatoms. The van der Waals surface area contributed by atoms with Crippen LogP contribution in [-0.4, -0.2) is 14.4 Å². The molecule has 27 heavy (non-hydrogen) atoms. The lowest BCUT2D eigenvalue weighted by molar-refractivity contribution is -0.137. The van der Waals surface area contributed by atoms with Gasteiger partial charge in [0, 0.05) is 5.69 Å². The van der Waals surface area contributed by atoms with Crippen LogP contribution < -0.4 is 10.0 Å². The summed E-state index contributed by atoms with van der Waals surface area (Å²) in [5.41, 5.74) is -0.175. The molecule has 0 aliphatic carbocycles. The maximum atomic E-state index is 12.7. The van der Waals surface area contributed by atoms with E-state index in [0.29, 0.717) is 12.0 Å². The molecule has 2 aromatic carbocycles. The summed E-state index contributed by atoms with van der Waals surface area (Å²) >= 11 is 0. The van der Waals surface area contributed by atoms with Crippen molar-refractivity contribution < 1.29 is 26.4 Å². The summed E-state index contributed by atoms with van der Waals surface area (Å²) in [4.78, 5) is 11.8. The Morgan fingerprint density at radius 1 is 1.07 bits per heavy atom. The fourth-order valence-electron chi connectivity index (χ4n) is 2.39. The van der Waals surface area contributed by atoms with E-state index in [0.717, 1.165) is 24.1 Å². The lowest BCUT2D eigenvalue weighted by atomic mass is 10.0. The van der Waals surface area contributed by atoms with E-state index in [1.165, 1.54) is 18.2 Å². The van der Waals surface area contributed by atoms with Gasteiger partial charge in [0.1, 0.15) is 0 Å². The predicted molar refractivity (Wildman–Crippen MR) is 95.8 cm³/mol. The number of nitrogens with one attached hydrogen (secondary N) is 2. The molecule has 2 rings (SSSR count). The minimum atomic E-state index is -4.57. The molecule has 0 fully saturated rings. The van der Waals surface area contributed by atoms with E-state index >= 15 is 0 Å². The number of sulfonamides is 1. The normalized spacial score (nSPS) is 12.1. The molecule has 0 bridgehead atoms. The molecule has 2 aromatic rings. The topological polar surface area (TPSA) is 75.3 Å². The minimum Gasteiger partial charge on any atom is -0.307 e. The van der Waals surface area contributed by atoms with E-state index in [-0.39, 0.29) is 10.6 Å². The van der Waals surface area contributed by atoms with Gasteiger partial charge in [0.2, 0.25) is 0 Å². The van der Waals surface area contributed by atoms with E-state index in [1.807, 2.05) is 13.8 Å². The molecule has 0 saturated carbocycles. The van der Waals surface area contributed by atoms with E-state index < -0.39 is 27.8 Å². The van der Waals surface area contributed by atoms with Crippen molar-refractivity contribution in [2.24, 2.45) is 5.92 Å². The van der Waals surface area contributed by atoms with Gasteiger partial charge in [-0.1, -0.05) is 32.0 Å². The van der Waals surface area contributed by atoms with Crippen LogP contribution in [0.3, 0.4) is 0 Å². The van der Waals surface area contributed by atoms with Gasteiger partial charge < -0.3 is 5.32 Å². The van der Waals surface area contributed by atoms with Crippen molar-refractivity contribution in [3.05, 3.63) is 59.7 Å². The standard InChI is InChI=1S/C18H19F3N2O3S/c1-12(2)10-13-6-8-16(9-7-13)27(25,26)23-17(24)22-15-5-3-4-14(11-15)18(19,20)21/h3-9,11-12H,10H2,1-2H3,(H2,22,23,24). The molecule has 2 N–H and O–H groups in total. The molecule has 0 aliphatic rings. The molecule has 0 aromatic heterocycles. The molecule has 0 radical (unpaired) electrons. The molecular formula is C18H19F3N2O3S. The summed E-state index contributed by atoms with van der Waals surface area (Å²) < 4.78 is 64.3. The first-order valence-electron chi connectivity index (χ1n) is 8.07. The van der Waals surface area contributed by atoms with Gasteiger partial charge in [-0.05, 0) is 48.2 Å². The first-order chi connectivity index (χ1) is 12.5. The number of carbonyl (C=O) groups excluding carboxylic acids is 1. The average molecular weight is 400 g/mol. The van der Waals surface area contributed by atoms with Crippen molar-refractivity contribution in [1.29, 1.82) is 0 Å². The molecule has 0 aliphatic heterocycles. The molecule has 146 valence electrons. The SMILES string of the molecule is CC(C)Cc1ccc(S(=O)(=O)NC(=O)Nc2cccc(C(F)(F)F)c2)cc1. The number of amides is 2. The third-order valence-corrected chi connectivity index (χ3v) is 4.90. The second-order valence-corrected chi connectivity index (χ2v) is 8.06. The van der Waals surface area contributed by atoms with Crippen molar-refractivity contribution in [3.63, 3.8) is 0 Å². The van der Waals surface area contributed by atoms with Gasteiger partial charge in [0.05, 0.1) is 10.5 Å². The Balaban J connectivity index is 2.08. The summed E-state index contributed by atoms with van der Waals surface area (Å²) in [6, 6.07) is 8.79. The lowest BCUT2D eigenvalue weighted by Gasteiger charge is -2.11. The highest BCUT2D eigenvalue weighted by Gasteiger charge is 2.30. The molecule has 2 amide bonds. The quantitative estimate of drug-likeness (QED) is 0.780. The van der Waals surface area contributed by atoms with E-state index in [1.54, 1.807) is 16.9 Å². The highest BCUT2D eigenvalue weighted by atomic mass is 32.2. The van der Waals surface area contributed by atoms with E-state index in [2.05, 4.69) is 5.32 Å². The Morgan fingerprint density at radius 2 is 1.70 bits per heavy atom. The number of hydrogen-bond donors (Lipinski definition) is 2. The molecule has 0 atom stereocenters. The second kappa shape index (κ2) is 7.99. The van der Waals surface area contributed by atoms with Gasteiger partial charge in [-0.3, -0.25) is 0 Å². The predicted octanol–water partition coefficient (Wildman–Crippen LogP) is 4.41. The van der Waals surface area contributed by atoms with Gasteiger partial charge in [0.15, 0.2) is 0 Å². The van der Waals surface area contributed by atoms with Gasteiger partial charge in [0.25, 0.3) is 10.0 Å². The van der Waals surface area contributed by atoms with Crippen molar-refractivity contribution in [2.75, 3.05) is 5.32 Å². The fourth-order valence-corrected chi connectivity index (χ4v) is 3.29. The van der Waals surface area contributed by atoms with Crippen molar-refractivity contribution >= 4 is 21.7 Å². The van der Waals surface area contributed by atoms with Crippen LogP contribution in [0.4, 0.5) is 23.7 Å². The third kappa shape index (κ3) is 5.99. The molecule has 0 unspecified atom stereocenters. The Labute approximate surface area is 155 Å². The number of benzene rings is 2. The first-order valence-corrected chi connectivity index (χ1v) is 9.56. The number of alkyl halides is 3. The second-order valence-electron chi connectivity index (χ2n) is 6.38. The zero-order valence-electron chi connectivity index (χ0n) is 14.7. The first kappa shape index (κ1) is 20.8. The monoisotopic (exact) mass is 400 g/mol. The van der Waals surface area contributed by atoms with Crippen LogP contribution in [0.2, 0.25) is 0 Å².